The van der Waals surface area contributed by atoms with Crippen LogP contribution in [0, 0.1) is 17.8 Å². The van der Waals surface area contributed by atoms with Crippen LogP contribution < -0.4 is 5.32 Å². The van der Waals surface area contributed by atoms with E-state index in [0.29, 0.717) is 0 Å². The molecule has 2 heterocycles. The molecule has 0 spiro atoms. The van der Waals surface area contributed by atoms with E-state index in [0.717, 1.165) is 23.8 Å². The van der Waals surface area contributed by atoms with Crippen LogP contribution in [0.3, 0.4) is 0 Å². The molecule has 3 rings (SSSR count). The molecule has 1 aliphatic carbocycles. The highest BCUT2D eigenvalue weighted by molar-refractivity contribution is 4.94. The summed E-state index contributed by atoms with van der Waals surface area (Å²) in [6.45, 7) is 7.68. The van der Waals surface area contributed by atoms with Gasteiger partial charge in [-0.3, -0.25) is 4.90 Å². The summed E-state index contributed by atoms with van der Waals surface area (Å²) in [4.78, 5) is 2.78. The van der Waals surface area contributed by atoms with Crippen molar-refractivity contribution >= 4 is 0 Å². The average Bonchev–Trinajstić information content (AvgIpc) is 2.83. The summed E-state index contributed by atoms with van der Waals surface area (Å²) in [6.07, 6.45) is 4.51. The van der Waals surface area contributed by atoms with Gasteiger partial charge in [0.1, 0.15) is 0 Å². The van der Waals surface area contributed by atoms with Crippen LogP contribution in [0.4, 0.5) is 0 Å². The third kappa shape index (κ3) is 1.49. The van der Waals surface area contributed by atoms with Gasteiger partial charge in [-0.25, -0.2) is 0 Å². The Labute approximate surface area is 87.0 Å². The molecule has 2 heteroatoms. The Morgan fingerprint density at radius 2 is 2.21 bits per heavy atom. The second kappa shape index (κ2) is 3.49. The van der Waals surface area contributed by atoms with E-state index < -0.39 is 0 Å². The van der Waals surface area contributed by atoms with Gasteiger partial charge < -0.3 is 5.32 Å². The summed E-state index contributed by atoms with van der Waals surface area (Å²) >= 11 is 0. The summed E-state index contributed by atoms with van der Waals surface area (Å²) in [5.74, 6) is 2.88. The van der Waals surface area contributed by atoms with Gasteiger partial charge in [0.25, 0.3) is 0 Å². The van der Waals surface area contributed by atoms with Gasteiger partial charge in [-0.1, -0.05) is 6.92 Å². The topological polar surface area (TPSA) is 15.3 Å². The van der Waals surface area contributed by atoms with E-state index in [1.54, 1.807) is 0 Å². The smallest absolute Gasteiger partial charge is 0.00987 e. The zero-order chi connectivity index (χ0) is 9.54. The van der Waals surface area contributed by atoms with E-state index in [1.165, 1.54) is 45.4 Å². The van der Waals surface area contributed by atoms with Crippen LogP contribution in [-0.2, 0) is 0 Å². The first-order chi connectivity index (χ1) is 6.83. The maximum atomic E-state index is 3.51. The second-order valence-electron chi connectivity index (χ2n) is 5.68. The van der Waals surface area contributed by atoms with E-state index >= 15 is 0 Å². The minimum atomic E-state index is 0.897. The number of fused-ring (bicyclic) bond motifs is 2. The third-order valence-corrected chi connectivity index (χ3v) is 4.67. The molecule has 2 aliphatic heterocycles. The van der Waals surface area contributed by atoms with Gasteiger partial charge in [0.05, 0.1) is 0 Å². The molecule has 3 fully saturated rings. The zero-order valence-corrected chi connectivity index (χ0v) is 9.21. The summed E-state index contributed by atoms with van der Waals surface area (Å²) in [7, 11) is 0. The molecule has 14 heavy (non-hydrogen) atoms. The molecule has 0 amide bonds. The van der Waals surface area contributed by atoms with Gasteiger partial charge in [-0.05, 0) is 50.1 Å². The van der Waals surface area contributed by atoms with Crippen molar-refractivity contribution in [2.45, 2.75) is 32.2 Å². The molecule has 2 saturated heterocycles. The third-order valence-electron chi connectivity index (χ3n) is 4.67. The Balaban J connectivity index is 1.57. The largest absolute Gasteiger partial charge is 0.316 e. The lowest BCUT2D eigenvalue weighted by Crippen LogP contribution is -2.37. The van der Waals surface area contributed by atoms with Crippen molar-refractivity contribution in [1.82, 2.24) is 10.2 Å². The number of piperidine rings is 1. The molecule has 2 bridgehead atoms. The number of rotatable bonds is 2. The van der Waals surface area contributed by atoms with Crippen molar-refractivity contribution in [2.24, 2.45) is 17.8 Å². The number of likely N-dealkylation sites (tertiary alicyclic amines) is 1. The molecular formula is C12H22N2. The van der Waals surface area contributed by atoms with Gasteiger partial charge in [-0.15, -0.1) is 0 Å². The van der Waals surface area contributed by atoms with Gasteiger partial charge in [0.15, 0.2) is 0 Å². The Hall–Kier alpha value is -0.0800. The molecular weight excluding hydrogens is 172 g/mol. The maximum absolute atomic E-state index is 3.51. The molecule has 80 valence electrons. The van der Waals surface area contributed by atoms with Crippen molar-refractivity contribution < 1.29 is 0 Å². The molecule has 1 saturated carbocycles. The van der Waals surface area contributed by atoms with Crippen LogP contribution in [0.1, 0.15) is 26.2 Å². The number of hydrogen-bond acceptors (Lipinski definition) is 2. The van der Waals surface area contributed by atoms with Crippen molar-refractivity contribution in [1.29, 1.82) is 0 Å². The van der Waals surface area contributed by atoms with E-state index in [4.69, 9.17) is 0 Å². The zero-order valence-electron chi connectivity index (χ0n) is 9.21. The molecule has 0 aromatic carbocycles. The summed E-state index contributed by atoms with van der Waals surface area (Å²) in [5, 5.41) is 3.51. The van der Waals surface area contributed by atoms with Crippen LogP contribution in [-0.4, -0.2) is 37.1 Å². The van der Waals surface area contributed by atoms with Crippen molar-refractivity contribution in [2.75, 3.05) is 26.2 Å². The van der Waals surface area contributed by atoms with Crippen LogP contribution in [0.25, 0.3) is 0 Å². The molecule has 2 unspecified atom stereocenters. The minimum absolute atomic E-state index is 0.897. The Morgan fingerprint density at radius 1 is 1.29 bits per heavy atom. The van der Waals surface area contributed by atoms with Crippen LogP contribution in [0.5, 0.6) is 0 Å². The first kappa shape index (κ1) is 9.17. The van der Waals surface area contributed by atoms with Crippen molar-refractivity contribution in [3.63, 3.8) is 0 Å². The first-order valence-corrected chi connectivity index (χ1v) is 6.27. The normalized spacial score (nSPS) is 47.8. The van der Waals surface area contributed by atoms with Crippen molar-refractivity contribution in [3.8, 4) is 0 Å². The van der Waals surface area contributed by atoms with Crippen molar-refractivity contribution in [3.05, 3.63) is 0 Å². The Kier molecular flexibility index (Phi) is 2.29. The number of hydrogen-bond donors (Lipinski definition) is 1. The molecule has 4 atom stereocenters. The summed E-state index contributed by atoms with van der Waals surface area (Å²) in [6, 6.07) is 0.966. The van der Waals surface area contributed by atoms with E-state index in [-0.39, 0.29) is 0 Å². The van der Waals surface area contributed by atoms with Gasteiger partial charge in [0.2, 0.25) is 0 Å². The molecule has 0 aromatic heterocycles. The molecule has 0 aromatic rings. The quantitative estimate of drug-likeness (QED) is 0.713. The highest BCUT2D eigenvalue weighted by Gasteiger charge is 2.39. The number of nitrogens with one attached hydrogen (secondary N) is 1. The Morgan fingerprint density at radius 3 is 2.79 bits per heavy atom. The first-order valence-electron chi connectivity index (χ1n) is 6.27. The minimum Gasteiger partial charge on any atom is -0.316 e. The van der Waals surface area contributed by atoms with Gasteiger partial charge in [-0.2, -0.15) is 0 Å². The lowest BCUT2D eigenvalue weighted by molar-refractivity contribution is 0.173. The molecule has 2 nitrogen and oxygen atoms in total. The predicted octanol–water partition coefficient (Wildman–Crippen LogP) is 1.33. The maximum Gasteiger partial charge on any atom is 0.00987 e. The van der Waals surface area contributed by atoms with E-state index in [1.807, 2.05) is 0 Å². The fourth-order valence-electron chi connectivity index (χ4n) is 3.66. The molecule has 3 aliphatic rings. The van der Waals surface area contributed by atoms with Gasteiger partial charge >= 0.3 is 0 Å². The predicted molar refractivity (Wildman–Crippen MR) is 58.2 cm³/mol. The summed E-state index contributed by atoms with van der Waals surface area (Å²) in [5.41, 5.74) is 0. The van der Waals surface area contributed by atoms with Crippen LogP contribution >= 0.6 is 0 Å². The standard InChI is InChI=1S/C12H22N2/c1-9-5-13-6-11(9)8-14-7-10-2-3-12(14)4-10/h9-13H,2-8H2,1H3/t9-,10?,11+,12?/m1/s1. The second-order valence-corrected chi connectivity index (χ2v) is 5.68. The molecule has 0 radical (unpaired) electrons. The SMILES string of the molecule is C[C@@H]1CNC[C@H]1CN1CC2CCC1C2. The van der Waals surface area contributed by atoms with Crippen LogP contribution in [0.15, 0.2) is 0 Å². The van der Waals surface area contributed by atoms with Crippen LogP contribution in [0.2, 0.25) is 0 Å². The highest BCUT2D eigenvalue weighted by atomic mass is 15.2. The average molecular weight is 194 g/mol. The fraction of sp³-hybridized carbons (Fsp3) is 1.00. The van der Waals surface area contributed by atoms with E-state index in [9.17, 15) is 0 Å². The monoisotopic (exact) mass is 194 g/mol. The lowest BCUT2D eigenvalue weighted by Gasteiger charge is -2.30. The molecule has 1 N–H and O–H groups in total. The fourth-order valence-corrected chi connectivity index (χ4v) is 3.66. The highest BCUT2D eigenvalue weighted by Crippen LogP contribution is 2.38. The summed E-state index contributed by atoms with van der Waals surface area (Å²) < 4.78 is 0. The Bertz CT molecular complexity index is 216. The number of nitrogens with zero attached hydrogens (tertiary/aromatic N) is 1. The lowest BCUT2D eigenvalue weighted by atomic mass is 9.96. The van der Waals surface area contributed by atoms with E-state index in [2.05, 4.69) is 17.1 Å². The van der Waals surface area contributed by atoms with Gasteiger partial charge in [0, 0.05) is 19.1 Å².